The highest BCUT2D eigenvalue weighted by Crippen LogP contribution is 2.30. The molecule has 1 aliphatic heterocycles. The van der Waals surface area contributed by atoms with E-state index in [2.05, 4.69) is 37.8 Å². The van der Waals surface area contributed by atoms with Crippen LogP contribution in [0.5, 0.6) is 0 Å². The molecule has 2 aromatic heterocycles. The van der Waals surface area contributed by atoms with Gasteiger partial charge in [-0.05, 0) is 32.2 Å². The van der Waals surface area contributed by atoms with Crippen LogP contribution in [0.4, 0.5) is 5.13 Å². The summed E-state index contributed by atoms with van der Waals surface area (Å²) in [5.41, 5.74) is 0.801. The minimum atomic E-state index is -0.318. The summed E-state index contributed by atoms with van der Waals surface area (Å²) in [5, 5.41) is 8.77. The minimum Gasteiger partial charge on any atom is -0.462 e. The predicted molar refractivity (Wildman–Crippen MR) is 97.4 cm³/mol. The van der Waals surface area contributed by atoms with Crippen LogP contribution in [0.15, 0.2) is 22.9 Å². The number of piperazine rings is 1. The van der Waals surface area contributed by atoms with Crippen molar-refractivity contribution >= 4 is 34.3 Å². The largest absolute Gasteiger partial charge is 0.462 e. The molecule has 126 valence electrons. The van der Waals surface area contributed by atoms with Crippen LogP contribution in [0.3, 0.4) is 0 Å². The van der Waals surface area contributed by atoms with Crippen molar-refractivity contribution in [2.24, 2.45) is 0 Å². The van der Waals surface area contributed by atoms with Gasteiger partial charge >= 0.3 is 0 Å². The first-order chi connectivity index (χ1) is 11.0. The van der Waals surface area contributed by atoms with Crippen molar-refractivity contribution < 1.29 is 9.53 Å². The lowest BCUT2D eigenvalue weighted by Gasteiger charge is -2.26. The van der Waals surface area contributed by atoms with E-state index in [4.69, 9.17) is 4.98 Å². The fourth-order valence-electron chi connectivity index (χ4n) is 1.95. The van der Waals surface area contributed by atoms with E-state index >= 15 is 0 Å². The van der Waals surface area contributed by atoms with Crippen molar-refractivity contribution in [3.05, 3.63) is 22.9 Å². The SMILES string of the molecule is CC(C)(C)OC=O.c1csc(-c2csc(N3CCNCC3)n2)c1. The van der Waals surface area contributed by atoms with Crippen LogP contribution in [0, 0.1) is 0 Å². The average molecular weight is 354 g/mol. The van der Waals surface area contributed by atoms with Crippen LogP contribution in [0.1, 0.15) is 20.8 Å². The molecule has 0 atom stereocenters. The van der Waals surface area contributed by atoms with Gasteiger partial charge in [0.1, 0.15) is 5.60 Å². The quantitative estimate of drug-likeness (QED) is 0.859. The van der Waals surface area contributed by atoms with Gasteiger partial charge in [-0.25, -0.2) is 4.98 Å². The molecule has 3 heterocycles. The van der Waals surface area contributed by atoms with E-state index in [-0.39, 0.29) is 5.60 Å². The Bertz CT molecular complexity index is 585. The number of anilines is 1. The summed E-state index contributed by atoms with van der Waals surface area (Å²) in [4.78, 5) is 17.9. The van der Waals surface area contributed by atoms with Gasteiger partial charge in [0.25, 0.3) is 6.47 Å². The number of nitrogens with one attached hydrogen (secondary N) is 1. The lowest BCUT2D eigenvalue weighted by molar-refractivity contribution is -0.138. The monoisotopic (exact) mass is 353 g/mol. The molecule has 1 fully saturated rings. The molecular formula is C16H23N3O2S2. The molecule has 0 saturated carbocycles. The predicted octanol–water partition coefficient (Wildman–Crippen LogP) is 3.24. The smallest absolute Gasteiger partial charge is 0.293 e. The molecule has 23 heavy (non-hydrogen) atoms. The summed E-state index contributed by atoms with van der Waals surface area (Å²) in [7, 11) is 0. The van der Waals surface area contributed by atoms with Gasteiger partial charge < -0.3 is 15.0 Å². The molecule has 0 radical (unpaired) electrons. The van der Waals surface area contributed by atoms with Crippen LogP contribution < -0.4 is 10.2 Å². The number of hydrogen-bond acceptors (Lipinski definition) is 7. The third kappa shape index (κ3) is 5.93. The van der Waals surface area contributed by atoms with Gasteiger partial charge in [-0.15, -0.1) is 22.7 Å². The second-order valence-corrected chi connectivity index (χ2v) is 7.84. The molecule has 1 aliphatic rings. The van der Waals surface area contributed by atoms with Crippen molar-refractivity contribution in [3.8, 4) is 10.6 Å². The number of thiazole rings is 1. The molecule has 0 unspecified atom stereocenters. The summed E-state index contributed by atoms with van der Waals surface area (Å²) in [6, 6.07) is 4.20. The summed E-state index contributed by atoms with van der Waals surface area (Å²) in [5.74, 6) is 0. The second-order valence-electron chi connectivity index (χ2n) is 6.06. The Hall–Kier alpha value is -1.44. The molecule has 0 aliphatic carbocycles. The summed E-state index contributed by atoms with van der Waals surface area (Å²) >= 11 is 3.50. The molecule has 3 rings (SSSR count). The number of nitrogens with zero attached hydrogens (tertiary/aromatic N) is 2. The summed E-state index contributed by atoms with van der Waals surface area (Å²) in [6.07, 6.45) is 0. The Kier molecular flexibility index (Phi) is 6.56. The van der Waals surface area contributed by atoms with E-state index in [0.29, 0.717) is 6.47 Å². The number of hydrogen-bond donors (Lipinski definition) is 1. The molecule has 0 spiro atoms. The molecule has 0 aromatic carbocycles. The Morgan fingerprint density at radius 3 is 2.57 bits per heavy atom. The highest BCUT2D eigenvalue weighted by atomic mass is 32.1. The standard InChI is InChI=1S/C11H13N3S2.C5H10O2/c1-2-10(15-7-1)9-8-16-11(13-9)14-5-3-12-4-6-14;1-5(2,3)7-4-6/h1-2,7-8,12H,3-6H2;4H,1-3H3. The van der Waals surface area contributed by atoms with Crippen LogP contribution in [0.2, 0.25) is 0 Å². The van der Waals surface area contributed by atoms with E-state index < -0.39 is 0 Å². The third-order valence-corrected chi connectivity index (χ3v) is 4.85. The molecule has 1 N–H and O–H groups in total. The van der Waals surface area contributed by atoms with Crippen molar-refractivity contribution in [1.82, 2.24) is 10.3 Å². The van der Waals surface area contributed by atoms with Crippen LogP contribution in [-0.2, 0) is 9.53 Å². The number of carbonyl (C=O) groups excluding carboxylic acids is 1. The molecule has 2 aromatic rings. The maximum Gasteiger partial charge on any atom is 0.293 e. The fourth-order valence-corrected chi connectivity index (χ4v) is 3.59. The maximum absolute atomic E-state index is 9.60. The van der Waals surface area contributed by atoms with E-state index in [1.165, 1.54) is 4.88 Å². The van der Waals surface area contributed by atoms with Crippen molar-refractivity contribution in [2.45, 2.75) is 26.4 Å². The van der Waals surface area contributed by atoms with Gasteiger partial charge in [0.2, 0.25) is 0 Å². The first kappa shape index (κ1) is 17.9. The van der Waals surface area contributed by atoms with Gasteiger partial charge in [0.05, 0.1) is 10.6 Å². The maximum atomic E-state index is 9.60. The summed E-state index contributed by atoms with van der Waals surface area (Å²) in [6.45, 7) is 10.2. The topological polar surface area (TPSA) is 54.5 Å². The highest BCUT2D eigenvalue weighted by Gasteiger charge is 2.14. The van der Waals surface area contributed by atoms with Crippen LogP contribution >= 0.6 is 22.7 Å². The van der Waals surface area contributed by atoms with Gasteiger partial charge in [0.15, 0.2) is 5.13 Å². The Morgan fingerprint density at radius 2 is 2.04 bits per heavy atom. The Labute approximate surface area is 145 Å². The van der Waals surface area contributed by atoms with E-state index in [1.807, 2.05) is 20.8 Å². The minimum absolute atomic E-state index is 0.318. The van der Waals surface area contributed by atoms with Gasteiger partial charge in [0, 0.05) is 31.6 Å². The highest BCUT2D eigenvalue weighted by molar-refractivity contribution is 7.16. The van der Waals surface area contributed by atoms with E-state index in [9.17, 15) is 4.79 Å². The Morgan fingerprint density at radius 1 is 1.30 bits per heavy atom. The number of aromatic nitrogens is 1. The lowest BCUT2D eigenvalue weighted by Crippen LogP contribution is -2.43. The van der Waals surface area contributed by atoms with E-state index in [1.54, 1.807) is 22.7 Å². The van der Waals surface area contributed by atoms with Crippen molar-refractivity contribution in [3.63, 3.8) is 0 Å². The van der Waals surface area contributed by atoms with Gasteiger partial charge in [-0.3, -0.25) is 4.79 Å². The van der Waals surface area contributed by atoms with Crippen LogP contribution in [-0.4, -0.2) is 43.2 Å². The Balaban J connectivity index is 0.000000236. The normalized spacial score (nSPS) is 14.8. The summed E-state index contributed by atoms with van der Waals surface area (Å²) < 4.78 is 4.55. The number of thiophene rings is 1. The fraction of sp³-hybridized carbons (Fsp3) is 0.500. The molecule has 1 saturated heterocycles. The molecule has 7 heteroatoms. The molecule has 5 nitrogen and oxygen atoms in total. The third-order valence-electron chi connectivity index (χ3n) is 3.05. The van der Waals surface area contributed by atoms with Crippen molar-refractivity contribution in [2.75, 3.05) is 31.1 Å². The number of carbonyl (C=O) groups is 1. The van der Waals surface area contributed by atoms with Gasteiger partial charge in [-0.2, -0.15) is 0 Å². The molecular weight excluding hydrogens is 330 g/mol. The second kappa shape index (κ2) is 8.42. The zero-order chi connectivity index (χ0) is 16.7. The zero-order valence-electron chi connectivity index (χ0n) is 13.7. The number of rotatable bonds is 3. The first-order valence-electron chi connectivity index (χ1n) is 7.56. The first-order valence-corrected chi connectivity index (χ1v) is 9.32. The molecule has 0 bridgehead atoms. The lowest BCUT2D eigenvalue weighted by atomic mass is 10.2. The van der Waals surface area contributed by atoms with Gasteiger partial charge in [-0.1, -0.05) is 6.07 Å². The van der Waals surface area contributed by atoms with E-state index in [0.717, 1.165) is 37.0 Å². The number of ether oxygens (including phenoxy) is 1. The molecule has 0 amide bonds. The van der Waals surface area contributed by atoms with Crippen LogP contribution in [0.25, 0.3) is 10.6 Å². The average Bonchev–Trinajstić information content (AvgIpc) is 3.19. The van der Waals surface area contributed by atoms with Crippen molar-refractivity contribution in [1.29, 1.82) is 0 Å². The zero-order valence-corrected chi connectivity index (χ0v) is 15.4.